The highest BCUT2D eigenvalue weighted by Crippen LogP contribution is 2.15. The zero-order valence-electron chi connectivity index (χ0n) is 36.4. The molecule has 12 nitrogen and oxygen atoms in total. The van der Waals surface area contributed by atoms with Crippen LogP contribution in [0.1, 0.15) is 140 Å². The lowest BCUT2D eigenvalue weighted by molar-refractivity contribution is 0.0231. The number of rotatable bonds is 27. The highest BCUT2D eigenvalue weighted by atomic mass is 79.9. The van der Waals surface area contributed by atoms with Crippen molar-refractivity contribution in [3.63, 3.8) is 0 Å². The number of carbonyl (C=O) groups is 3. The van der Waals surface area contributed by atoms with Crippen molar-refractivity contribution in [3.8, 4) is 0 Å². The van der Waals surface area contributed by atoms with Gasteiger partial charge in [0.1, 0.15) is 16.8 Å². The predicted octanol–water partition coefficient (Wildman–Crippen LogP) is 9.79. The Hall–Kier alpha value is -1.35. The van der Waals surface area contributed by atoms with Gasteiger partial charge in [0.2, 0.25) is 0 Å². The van der Waals surface area contributed by atoms with E-state index < -0.39 is 16.8 Å². The summed E-state index contributed by atoms with van der Waals surface area (Å²) >= 11 is 7.39. The molecule has 54 heavy (non-hydrogen) atoms. The lowest BCUT2D eigenvalue weighted by atomic mass is 10.2. The molecule has 0 aliphatic carbocycles. The molecule has 0 aromatic heterocycles. The van der Waals surface area contributed by atoms with Gasteiger partial charge in [-0.05, 0) is 134 Å². The van der Waals surface area contributed by atoms with Crippen LogP contribution in [0.5, 0.6) is 0 Å². The topological polar surface area (TPSA) is 98.3 Å². The molecule has 0 heterocycles. The average Bonchev–Trinajstić information content (AvgIpc) is 3.02. The fourth-order valence-electron chi connectivity index (χ4n) is 5.39. The van der Waals surface area contributed by atoms with Crippen LogP contribution < -0.4 is 0 Å². The molecule has 0 unspecified atom stereocenters. The van der Waals surface area contributed by atoms with Gasteiger partial charge in [0.05, 0.1) is 0 Å². The SMILES string of the molecule is CCCCN(CCCN(Br)CCCN(C)CCCCN(CCCN(Br)CCCN(CCCC)C(=O)OC(C)(C)C)C(=O)OC(C)(C)C)C(=O)OC(C)(C)C. The van der Waals surface area contributed by atoms with E-state index in [1.54, 1.807) is 0 Å². The van der Waals surface area contributed by atoms with Crippen LogP contribution in [-0.2, 0) is 14.2 Å². The first kappa shape index (κ1) is 52.6. The standard InChI is InChI=1S/C40H80Br2N6O6/c1-13-15-25-44(35(49)52-38(3,4)5)28-20-32-47(41)31-19-24-43(12)23-17-18-27-46(37(51)54-40(9,10)11)30-22-34-48(42)33-21-29-45(26-16-14-2)36(50)53-39(6,7)8/h13-34H2,1-12H3. The molecule has 0 aromatic carbocycles. The number of unbranched alkanes of at least 4 members (excludes halogenated alkanes) is 3. The monoisotopic (exact) mass is 898 g/mol. The zero-order valence-corrected chi connectivity index (χ0v) is 39.6. The van der Waals surface area contributed by atoms with Crippen LogP contribution in [0.15, 0.2) is 0 Å². The van der Waals surface area contributed by atoms with Gasteiger partial charge in [-0.25, -0.2) is 22.2 Å². The minimum Gasteiger partial charge on any atom is -0.444 e. The second-order valence-electron chi connectivity index (χ2n) is 17.4. The Kier molecular flexibility index (Phi) is 27.4. The third-order valence-electron chi connectivity index (χ3n) is 8.16. The first-order valence-corrected chi connectivity index (χ1v) is 21.9. The van der Waals surface area contributed by atoms with Gasteiger partial charge in [-0.3, -0.25) is 0 Å². The van der Waals surface area contributed by atoms with Gasteiger partial charge in [0.15, 0.2) is 0 Å². The largest absolute Gasteiger partial charge is 0.444 e. The Morgan fingerprint density at radius 3 is 0.944 bits per heavy atom. The molecule has 0 rings (SSSR count). The molecule has 0 atom stereocenters. The normalized spacial score (nSPS) is 12.4. The molecule has 0 bridgehead atoms. The van der Waals surface area contributed by atoms with Crippen molar-refractivity contribution in [1.29, 1.82) is 0 Å². The molecule has 0 saturated carbocycles. The number of amides is 3. The zero-order chi connectivity index (χ0) is 41.4. The summed E-state index contributed by atoms with van der Waals surface area (Å²) < 4.78 is 21.2. The average molecular weight is 901 g/mol. The molecular formula is C40H80Br2N6O6. The summed E-state index contributed by atoms with van der Waals surface area (Å²) in [7, 11) is 2.15. The molecule has 0 radical (unpaired) electrons. The van der Waals surface area contributed by atoms with E-state index in [1.807, 2.05) is 77.0 Å². The number of hydrogen-bond acceptors (Lipinski definition) is 9. The maximum Gasteiger partial charge on any atom is 0.410 e. The van der Waals surface area contributed by atoms with Crippen LogP contribution in [0.3, 0.4) is 0 Å². The van der Waals surface area contributed by atoms with Crippen molar-refractivity contribution in [2.75, 3.05) is 85.6 Å². The van der Waals surface area contributed by atoms with Gasteiger partial charge in [-0.1, -0.05) is 26.7 Å². The second kappa shape index (κ2) is 28.1. The maximum absolute atomic E-state index is 13.1. The summed E-state index contributed by atoms with van der Waals surface area (Å²) in [6, 6.07) is 0. The highest BCUT2D eigenvalue weighted by Gasteiger charge is 2.24. The van der Waals surface area contributed by atoms with Crippen molar-refractivity contribution < 1.29 is 28.6 Å². The lowest BCUT2D eigenvalue weighted by Gasteiger charge is -2.29. The van der Waals surface area contributed by atoms with Crippen LogP contribution in [-0.4, -0.2) is 148 Å². The van der Waals surface area contributed by atoms with Crippen LogP contribution in [0.2, 0.25) is 0 Å². The fraction of sp³-hybridized carbons (Fsp3) is 0.925. The van der Waals surface area contributed by atoms with Crippen LogP contribution >= 0.6 is 32.3 Å². The summed E-state index contributed by atoms with van der Waals surface area (Å²) in [6.07, 6.45) is 8.64. The number of halogens is 2. The summed E-state index contributed by atoms with van der Waals surface area (Å²) in [5, 5.41) is 0. The molecule has 0 aliphatic rings. The predicted molar refractivity (Wildman–Crippen MR) is 229 cm³/mol. The molecule has 14 heteroatoms. The van der Waals surface area contributed by atoms with E-state index in [9.17, 15) is 14.4 Å². The van der Waals surface area contributed by atoms with Crippen LogP contribution in [0.4, 0.5) is 14.4 Å². The van der Waals surface area contributed by atoms with Crippen LogP contribution in [0.25, 0.3) is 0 Å². The first-order chi connectivity index (χ1) is 25.1. The molecule has 0 saturated heterocycles. The minimum absolute atomic E-state index is 0.229. The van der Waals surface area contributed by atoms with Crippen molar-refractivity contribution in [3.05, 3.63) is 0 Å². The third-order valence-corrected chi connectivity index (χ3v) is 9.58. The van der Waals surface area contributed by atoms with Crippen molar-refractivity contribution in [2.45, 2.75) is 157 Å². The molecular weight excluding hydrogens is 820 g/mol. The van der Waals surface area contributed by atoms with E-state index in [1.165, 1.54) is 0 Å². The van der Waals surface area contributed by atoms with E-state index in [0.29, 0.717) is 32.7 Å². The number of ether oxygens (including phenoxy) is 3. The number of carbonyl (C=O) groups excluding carboxylic acids is 3. The van der Waals surface area contributed by atoms with E-state index in [2.05, 4.69) is 65.9 Å². The third kappa shape index (κ3) is 29.9. The number of nitrogens with zero attached hydrogens (tertiary/aromatic N) is 6. The Labute approximate surface area is 348 Å². The van der Waals surface area contributed by atoms with Crippen molar-refractivity contribution in [1.82, 2.24) is 27.5 Å². The minimum atomic E-state index is -0.551. The summed E-state index contributed by atoms with van der Waals surface area (Å²) in [5.74, 6) is 0. The van der Waals surface area contributed by atoms with Crippen LogP contribution in [0, 0.1) is 0 Å². The lowest BCUT2D eigenvalue weighted by Crippen LogP contribution is -2.39. The number of hydrogen-bond donors (Lipinski definition) is 0. The van der Waals surface area contributed by atoms with Crippen molar-refractivity contribution in [2.24, 2.45) is 0 Å². The van der Waals surface area contributed by atoms with E-state index in [4.69, 9.17) is 14.2 Å². The maximum atomic E-state index is 13.1. The van der Waals surface area contributed by atoms with E-state index in [-0.39, 0.29) is 18.3 Å². The van der Waals surface area contributed by atoms with Gasteiger partial charge in [0.25, 0.3) is 0 Å². The summed E-state index contributed by atoms with van der Waals surface area (Å²) in [6.45, 7) is 30.6. The van der Waals surface area contributed by atoms with Gasteiger partial charge in [-0.15, -0.1) is 0 Å². The Bertz CT molecular complexity index is 1020. The molecule has 0 aliphatic heterocycles. The van der Waals surface area contributed by atoms with Crippen molar-refractivity contribution >= 4 is 50.6 Å². The van der Waals surface area contributed by atoms with Gasteiger partial charge >= 0.3 is 18.3 Å². The Balaban J connectivity index is 4.66. The second-order valence-corrected chi connectivity index (χ2v) is 19.4. The molecule has 0 spiro atoms. The molecule has 0 fully saturated rings. The summed E-state index contributed by atoms with van der Waals surface area (Å²) in [4.78, 5) is 46.3. The fourth-order valence-corrected chi connectivity index (χ4v) is 6.39. The summed E-state index contributed by atoms with van der Waals surface area (Å²) in [5.41, 5.74) is -1.56. The Morgan fingerprint density at radius 2 is 0.648 bits per heavy atom. The van der Waals surface area contributed by atoms with Gasteiger partial charge in [0, 0.05) is 97.7 Å². The first-order valence-electron chi connectivity index (χ1n) is 20.5. The van der Waals surface area contributed by atoms with Gasteiger partial charge in [-0.2, -0.15) is 0 Å². The quantitative estimate of drug-likeness (QED) is 0.0454. The molecule has 0 aromatic rings. The van der Waals surface area contributed by atoms with E-state index >= 15 is 0 Å². The Morgan fingerprint density at radius 1 is 0.407 bits per heavy atom. The smallest absolute Gasteiger partial charge is 0.410 e. The molecule has 320 valence electrons. The van der Waals surface area contributed by atoms with Gasteiger partial charge < -0.3 is 33.8 Å². The molecule has 3 amide bonds. The van der Waals surface area contributed by atoms with E-state index in [0.717, 1.165) is 110 Å². The highest BCUT2D eigenvalue weighted by molar-refractivity contribution is 9.07. The molecule has 0 N–H and O–H groups in total.